The molecule has 0 aromatic heterocycles. The highest BCUT2D eigenvalue weighted by Crippen LogP contribution is 2.15. The van der Waals surface area contributed by atoms with Crippen LogP contribution in [-0.2, 0) is 19.7 Å². The van der Waals surface area contributed by atoms with Crippen LogP contribution in [0, 0.1) is 0 Å². The molecule has 0 radical (unpaired) electrons. The average Bonchev–Trinajstić information content (AvgIpc) is 1.99. The van der Waals surface area contributed by atoms with Crippen molar-refractivity contribution < 1.29 is 16.8 Å². The van der Waals surface area contributed by atoms with Crippen molar-refractivity contribution in [3.8, 4) is 0 Å². The standard InChI is InChI=1S/C8H19NO4S2/c1-14(10,11)8(15(2,12)13)6-4-3-5-7-9/h8H,3-7,9H2,1-2H3. The van der Waals surface area contributed by atoms with Crippen LogP contribution in [0.15, 0.2) is 0 Å². The quantitative estimate of drug-likeness (QED) is 0.644. The van der Waals surface area contributed by atoms with Crippen LogP contribution in [0.3, 0.4) is 0 Å². The molecule has 0 unspecified atom stereocenters. The molecule has 0 aliphatic heterocycles. The maximum absolute atomic E-state index is 11.2. The fourth-order valence-electron chi connectivity index (χ4n) is 1.38. The van der Waals surface area contributed by atoms with Crippen LogP contribution in [0.1, 0.15) is 25.7 Å². The molecule has 0 heterocycles. The van der Waals surface area contributed by atoms with Crippen molar-refractivity contribution in [2.75, 3.05) is 19.1 Å². The number of hydrogen-bond acceptors (Lipinski definition) is 5. The highest BCUT2D eigenvalue weighted by Gasteiger charge is 2.30. The lowest BCUT2D eigenvalue weighted by molar-refractivity contribution is 0.566. The third-order valence-corrected chi connectivity index (χ3v) is 6.58. The first-order chi connectivity index (χ1) is 6.69. The van der Waals surface area contributed by atoms with Crippen molar-refractivity contribution >= 4 is 19.7 Å². The molecule has 7 heteroatoms. The van der Waals surface area contributed by atoms with Crippen molar-refractivity contribution in [3.63, 3.8) is 0 Å². The van der Waals surface area contributed by atoms with Crippen molar-refractivity contribution in [2.45, 2.75) is 30.3 Å². The summed E-state index contributed by atoms with van der Waals surface area (Å²) in [5.74, 6) is 0. The minimum absolute atomic E-state index is 0.164. The fourth-order valence-corrected chi connectivity index (χ4v) is 5.11. The largest absolute Gasteiger partial charge is 0.330 e. The summed E-state index contributed by atoms with van der Waals surface area (Å²) in [6, 6.07) is 0. The van der Waals surface area contributed by atoms with Gasteiger partial charge in [0.05, 0.1) is 0 Å². The van der Waals surface area contributed by atoms with E-state index in [2.05, 4.69) is 0 Å². The molecule has 5 nitrogen and oxygen atoms in total. The number of nitrogens with two attached hydrogens (primary N) is 1. The van der Waals surface area contributed by atoms with E-state index in [4.69, 9.17) is 5.73 Å². The third kappa shape index (κ3) is 6.11. The molecule has 92 valence electrons. The molecule has 0 saturated heterocycles. The lowest BCUT2D eigenvalue weighted by atomic mass is 10.2. The second kappa shape index (κ2) is 5.81. The van der Waals surface area contributed by atoms with Crippen molar-refractivity contribution in [1.82, 2.24) is 0 Å². The molecular weight excluding hydrogens is 238 g/mol. The van der Waals surface area contributed by atoms with Crippen LogP contribution in [-0.4, -0.2) is 40.5 Å². The Labute approximate surface area is 91.9 Å². The zero-order chi connectivity index (χ0) is 12.1. The summed E-state index contributed by atoms with van der Waals surface area (Å²) in [5, 5.41) is 0. The molecule has 0 fully saturated rings. The molecular formula is C8H19NO4S2. The summed E-state index contributed by atoms with van der Waals surface area (Å²) in [4.78, 5) is 0. The van der Waals surface area contributed by atoms with Crippen LogP contribution in [0.4, 0.5) is 0 Å². The second-order valence-electron chi connectivity index (χ2n) is 3.73. The first-order valence-electron chi connectivity index (χ1n) is 4.77. The Morgan fingerprint density at radius 2 is 1.40 bits per heavy atom. The molecule has 0 saturated carbocycles. The first kappa shape index (κ1) is 14.9. The summed E-state index contributed by atoms with van der Waals surface area (Å²) < 4.78 is 43.7. The second-order valence-corrected chi connectivity index (χ2v) is 8.48. The summed E-state index contributed by atoms with van der Waals surface area (Å²) in [6.07, 6.45) is 4.21. The zero-order valence-electron chi connectivity index (χ0n) is 9.14. The van der Waals surface area contributed by atoms with Gasteiger partial charge in [-0.1, -0.05) is 12.8 Å². The van der Waals surface area contributed by atoms with E-state index in [-0.39, 0.29) is 6.42 Å². The number of sulfone groups is 2. The van der Waals surface area contributed by atoms with Gasteiger partial charge >= 0.3 is 0 Å². The molecule has 0 spiro atoms. The van der Waals surface area contributed by atoms with E-state index < -0.39 is 24.3 Å². The van der Waals surface area contributed by atoms with Crippen LogP contribution in [0.25, 0.3) is 0 Å². The van der Waals surface area contributed by atoms with Gasteiger partial charge in [0, 0.05) is 12.5 Å². The van der Waals surface area contributed by atoms with Crippen LogP contribution < -0.4 is 5.73 Å². The Kier molecular flexibility index (Phi) is 5.76. The van der Waals surface area contributed by atoms with Gasteiger partial charge in [-0.05, 0) is 19.4 Å². The van der Waals surface area contributed by atoms with E-state index in [1.165, 1.54) is 0 Å². The molecule has 0 atom stereocenters. The van der Waals surface area contributed by atoms with Crippen LogP contribution in [0.5, 0.6) is 0 Å². The Morgan fingerprint density at radius 1 is 0.933 bits per heavy atom. The van der Waals surface area contributed by atoms with Crippen molar-refractivity contribution in [2.24, 2.45) is 5.73 Å². The minimum Gasteiger partial charge on any atom is -0.330 e. The van der Waals surface area contributed by atoms with Crippen molar-refractivity contribution in [1.29, 1.82) is 0 Å². The van der Waals surface area contributed by atoms with E-state index >= 15 is 0 Å². The van der Waals surface area contributed by atoms with E-state index in [1.807, 2.05) is 0 Å². The van der Waals surface area contributed by atoms with Gasteiger partial charge in [-0.3, -0.25) is 0 Å². The highest BCUT2D eigenvalue weighted by atomic mass is 32.3. The van der Waals surface area contributed by atoms with Gasteiger partial charge in [-0.25, -0.2) is 16.8 Å². The number of rotatable bonds is 7. The SMILES string of the molecule is CS(=O)(=O)C(CCCCCN)S(C)(=O)=O. The summed E-state index contributed by atoms with van der Waals surface area (Å²) in [7, 11) is -7.06. The lowest BCUT2D eigenvalue weighted by Gasteiger charge is -2.12. The Morgan fingerprint density at radius 3 is 1.73 bits per heavy atom. The Hall–Kier alpha value is -0.140. The molecule has 0 bridgehead atoms. The molecule has 0 aromatic rings. The van der Waals surface area contributed by atoms with E-state index in [0.717, 1.165) is 25.4 Å². The van der Waals surface area contributed by atoms with Gasteiger partial charge in [0.15, 0.2) is 24.3 Å². The van der Waals surface area contributed by atoms with E-state index in [9.17, 15) is 16.8 Å². The van der Waals surface area contributed by atoms with Gasteiger partial charge in [-0.15, -0.1) is 0 Å². The van der Waals surface area contributed by atoms with Gasteiger partial charge in [-0.2, -0.15) is 0 Å². The average molecular weight is 257 g/mol. The third-order valence-electron chi connectivity index (χ3n) is 2.10. The van der Waals surface area contributed by atoms with E-state index in [1.54, 1.807) is 0 Å². The highest BCUT2D eigenvalue weighted by molar-refractivity contribution is 8.08. The predicted octanol–water partition coefficient (Wildman–Crippen LogP) is -0.0792. The topological polar surface area (TPSA) is 94.3 Å². The summed E-state index contributed by atoms with van der Waals surface area (Å²) in [5.41, 5.74) is 5.28. The predicted molar refractivity (Wildman–Crippen MR) is 61.0 cm³/mol. The van der Waals surface area contributed by atoms with Crippen molar-refractivity contribution in [3.05, 3.63) is 0 Å². The number of hydrogen-bond donors (Lipinski definition) is 1. The minimum atomic E-state index is -3.53. The molecule has 15 heavy (non-hydrogen) atoms. The maximum Gasteiger partial charge on any atom is 0.164 e. The molecule has 0 aromatic carbocycles. The van der Waals surface area contributed by atoms with Crippen LogP contribution in [0.2, 0.25) is 0 Å². The molecule has 0 rings (SSSR count). The lowest BCUT2D eigenvalue weighted by Crippen LogP contribution is -2.28. The van der Waals surface area contributed by atoms with Gasteiger partial charge in [0.25, 0.3) is 0 Å². The van der Waals surface area contributed by atoms with Crippen LogP contribution >= 0.6 is 0 Å². The monoisotopic (exact) mass is 257 g/mol. The number of unbranched alkanes of at least 4 members (excludes halogenated alkanes) is 2. The Balaban J connectivity index is 4.44. The Bertz CT molecular complexity index is 339. The van der Waals surface area contributed by atoms with Gasteiger partial charge in [0.2, 0.25) is 0 Å². The maximum atomic E-state index is 11.2. The fraction of sp³-hybridized carbons (Fsp3) is 1.00. The molecule has 0 amide bonds. The van der Waals surface area contributed by atoms with E-state index in [0.29, 0.717) is 13.0 Å². The molecule has 0 aliphatic rings. The summed E-state index contributed by atoms with van der Waals surface area (Å²) >= 11 is 0. The molecule has 2 N–H and O–H groups in total. The van der Waals surface area contributed by atoms with Gasteiger partial charge in [0.1, 0.15) is 0 Å². The normalized spacial score (nSPS) is 13.3. The smallest absolute Gasteiger partial charge is 0.164 e. The van der Waals surface area contributed by atoms with Gasteiger partial charge < -0.3 is 5.73 Å². The first-order valence-corrected chi connectivity index (χ1v) is 8.68. The molecule has 0 aliphatic carbocycles. The zero-order valence-corrected chi connectivity index (χ0v) is 10.8. The summed E-state index contributed by atoms with van der Waals surface area (Å²) in [6.45, 7) is 0.544.